The number of hydroxylamine groups is 2. The van der Waals surface area contributed by atoms with Gasteiger partial charge in [0.2, 0.25) is 0 Å². The summed E-state index contributed by atoms with van der Waals surface area (Å²) in [6.45, 7) is 1.26. The summed E-state index contributed by atoms with van der Waals surface area (Å²) in [7, 11) is 0. The molecular formula is C8H9ClN2O2. The second-order valence-corrected chi connectivity index (χ2v) is 3.26. The van der Waals surface area contributed by atoms with Crippen LogP contribution in [0.1, 0.15) is 16.9 Å². The smallest absolute Gasteiger partial charge is 0.293 e. The number of hydrogen-bond acceptors (Lipinski definition) is 2. The molecule has 0 radical (unpaired) electrons. The lowest BCUT2D eigenvalue weighted by atomic mass is 10.4. The predicted octanol–water partition coefficient (Wildman–Crippen LogP) is 1.45. The number of nitrogens with one attached hydrogen (secondary N) is 1. The number of aromatic amines is 1. The molecule has 0 bridgehead atoms. The van der Waals surface area contributed by atoms with Gasteiger partial charge in [-0.05, 0) is 12.5 Å². The zero-order chi connectivity index (χ0) is 9.26. The first-order valence-corrected chi connectivity index (χ1v) is 4.44. The highest BCUT2D eigenvalue weighted by atomic mass is 35.5. The van der Waals surface area contributed by atoms with Crippen LogP contribution >= 0.6 is 11.6 Å². The fourth-order valence-corrected chi connectivity index (χ4v) is 1.40. The number of carbonyl (C=O) groups excluding carboxylic acids is 1. The second kappa shape index (κ2) is 3.40. The van der Waals surface area contributed by atoms with Crippen molar-refractivity contribution in [2.45, 2.75) is 6.42 Å². The van der Waals surface area contributed by atoms with Gasteiger partial charge in [0, 0.05) is 6.20 Å². The van der Waals surface area contributed by atoms with Crippen LogP contribution in [0.25, 0.3) is 0 Å². The maximum absolute atomic E-state index is 11.6. The van der Waals surface area contributed by atoms with E-state index in [4.69, 9.17) is 16.4 Å². The number of nitrogens with zero attached hydrogens (tertiary/aromatic N) is 1. The van der Waals surface area contributed by atoms with Gasteiger partial charge >= 0.3 is 0 Å². The van der Waals surface area contributed by atoms with Gasteiger partial charge in [0.25, 0.3) is 5.91 Å². The SMILES string of the molecule is O=C(c1cc(Cl)c[nH]1)N1CCCO1. The minimum atomic E-state index is -0.163. The average Bonchev–Trinajstić information content (AvgIpc) is 2.72. The molecule has 1 aromatic heterocycles. The molecule has 1 N–H and O–H groups in total. The van der Waals surface area contributed by atoms with Gasteiger partial charge < -0.3 is 4.98 Å². The van der Waals surface area contributed by atoms with E-state index in [1.54, 1.807) is 12.3 Å². The third kappa shape index (κ3) is 1.68. The minimum Gasteiger partial charge on any atom is -0.356 e. The molecule has 0 atom stereocenters. The van der Waals surface area contributed by atoms with E-state index in [0.29, 0.717) is 23.9 Å². The van der Waals surface area contributed by atoms with Crippen molar-refractivity contribution in [2.24, 2.45) is 0 Å². The molecule has 1 fully saturated rings. The Bertz CT molecular complexity index is 318. The molecule has 70 valence electrons. The van der Waals surface area contributed by atoms with Crippen molar-refractivity contribution >= 4 is 17.5 Å². The van der Waals surface area contributed by atoms with Gasteiger partial charge in [-0.2, -0.15) is 0 Å². The third-order valence-electron chi connectivity index (χ3n) is 1.86. The van der Waals surface area contributed by atoms with Crippen molar-refractivity contribution in [3.63, 3.8) is 0 Å². The summed E-state index contributed by atoms with van der Waals surface area (Å²) in [5, 5.41) is 1.88. The maximum atomic E-state index is 11.6. The standard InChI is InChI=1S/C8H9ClN2O2/c9-6-4-7(10-5-6)8(12)11-2-1-3-13-11/h4-5,10H,1-3H2. The van der Waals surface area contributed by atoms with Gasteiger partial charge in [-0.25, -0.2) is 5.06 Å². The van der Waals surface area contributed by atoms with E-state index >= 15 is 0 Å². The molecule has 5 heteroatoms. The van der Waals surface area contributed by atoms with Crippen LogP contribution in [0.4, 0.5) is 0 Å². The van der Waals surface area contributed by atoms with E-state index < -0.39 is 0 Å². The quantitative estimate of drug-likeness (QED) is 0.746. The highest BCUT2D eigenvalue weighted by Gasteiger charge is 2.21. The van der Waals surface area contributed by atoms with Crippen LogP contribution in [0.2, 0.25) is 5.02 Å². The number of carbonyl (C=O) groups is 1. The molecule has 0 spiro atoms. The third-order valence-corrected chi connectivity index (χ3v) is 2.08. The largest absolute Gasteiger partial charge is 0.356 e. The highest BCUT2D eigenvalue weighted by molar-refractivity contribution is 6.30. The van der Waals surface area contributed by atoms with E-state index in [1.807, 2.05) is 0 Å². The molecule has 1 aromatic rings. The fraction of sp³-hybridized carbons (Fsp3) is 0.375. The highest BCUT2D eigenvalue weighted by Crippen LogP contribution is 2.14. The lowest BCUT2D eigenvalue weighted by Crippen LogP contribution is -2.26. The van der Waals surface area contributed by atoms with Crippen LogP contribution in [0, 0.1) is 0 Å². The topological polar surface area (TPSA) is 45.3 Å². The molecule has 1 aliphatic heterocycles. The van der Waals surface area contributed by atoms with E-state index in [9.17, 15) is 4.79 Å². The summed E-state index contributed by atoms with van der Waals surface area (Å²) in [4.78, 5) is 19.4. The lowest BCUT2D eigenvalue weighted by Gasteiger charge is -2.11. The van der Waals surface area contributed by atoms with Crippen molar-refractivity contribution < 1.29 is 9.63 Å². The predicted molar refractivity (Wildman–Crippen MR) is 47.4 cm³/mol. The van der Waals surface area contributed by atoms with Crippen LogP contribution < -0.4 is 0 Å². The fourth-order valence-electron chi connectivity index (χ4n) is 1.23. The monoisotopic (exact) mass is 200 g/mol. The molecule has 0 saturated carbocycles. The number of amides is 1. The zero-order valence-electron chi connectivity index (χ0n) is 6.92. The normalized spacial score (nSPS) is 16.5. The van der Waals surface area contributed by atoms with E-state index in [-0.39, 0.29) is 5.91 Å². The maximum Gasteiger partial charge on any atom is 0.293 e. The van der Waals surface area contributed by atoms with Gasteiger partial charge in [-0.3, -0.25) is 9.63 Å². The van der Waals surface area contributed by atoms with Gasteiger partial charge in [0.1, 0.15) is 5.69 Å². The molecule has 1 amide bonds. The Balaban J connectivity index is 2.12. The summed E-state index contributed by atoms with van der Waals surface area (Å²) in [6, 6.07) is 1.59. The van der Waals surface area contributed by atoms with Gasteiger partial charge in [0.15, 0.2) is 0 Å². The van der Waals surface area contributed by atoms with Crippen LogP contribution in [0.5, 0.6) is 0 Å². The van der Waals surface area contributed by atoms with Crippen molar-refractivity contribution in [1.82, 2.24) is 10.0 Å². The molecule has 13 heavy (non-hydrogen) atoms. The lowest BCUT2D eigenvalue weighted by molar-refractivity contribution is -0.0771. The Labute approximate surface area is 80.4 Å². The number of hydrogen-bond donors (Lipinski definition) is 1. The molecule has 2 rings (SSSR count). The van der Waals surface area contributed by atoms with E-state index in [1.165, 1.54) is 5.06 Å². The van der Waals surface area contributed by atoms with Crippen LogP contribution in [-0.4, -0.2) is 29.1 Å². The van der Waals surface area contributed by atoms with Gasteiger partial charge in [-0.15, -0.1) is 0 Å². The van der Waals surface area contributed by atoms with Crippen LogP contribution in [-0.2, 0) is 4.84 Å². The van der Waals surface area contributed by atoms with Crippen molar-refractivity contribution in [3.05, 3.63) is 23.0 Å². The summed E-state index contributed by atoms with van der Waals surface area (Å²) in [5.41, 5.74) is 0.465. The first-order valence-electron chi connectivity index (χ1n) is 4.06. The molecule has 4 nitrogen and oxygen atoms in total. The number of H-pyrrole nitrogens is 1. The first kappa shape index (κ1) is 8.59. The Hall–Kier alpha value is -1.00. The van der Waals surface area contributed by atoms with Crippen LogP contribution in [0.3, 0.4) is 0 Å². The summed E-state index contributed by atoms with van der Waals surface area (Å²) in [6.07, 6.45) is 2.46. The van der Waals surface area contributed by atoms with Crippen LogP contribution in [0.15, 0.2) is 12.3 Å². The second-order valence-electron chi connectivity index (χ2n) is 2.83. The molecule has 1 saturated heterocycles. The van der Waals surface area contributed by atoms with Gasteiger partial charge in [0.05, 0.1) is 18.2 Å². The Kier molecular flexibility index (Phi) is 2.24. The first-order chi connectivity index (χ1) is 6.27. The summed E-state index contributed by atoms with van der Waals surface area (Å²) >= 11 is 5.67. The van der Waals surface area contributed by atoms with Crippen molar-refractivity contribution in [2.75, 3.05) is 13.2 Å². The van der Waals surface area contributed by atoms with Crippen molar-refractivity contribution in [1.29, 1.82) is 0 Å². The van der Waals surface area contributed by atoms with Gasteiger partial charge in [-0.1, -0.05) is 11.6 Å². The molecule has 0 unspecified atom stereocenters. The number of rotatable bonds is 1. The van der Waals surface area contributed by atoms with E-state index in [2.05, 4.69) is 4.98 Å². The molecular weight excluding hydrogens is 192 g/mol. The molecule has 0 aromatic carbocycles. The zero-order valence-corrected chi connectivity index (χ0v) is 7.67. The number of aromatic nitrogens is 1. The van der Waals surface area contributed by atoms with Crippen molar-refractivity contribution in [3.8, 4) is 0 Å². The molecule has 1 aliphatic rings. The molecule has 2 heterocycles. The summed E-state index contributed by atoms with van der Waals surface area (Å²) < 4.78 is 0. The summed E-state index contributed by atoms with van der Waals surface area (Å²) in [5.74, 6) is -0.163. The Morgan fingerprint density at radius 2 is 2.54 bits per heavy atom. The average molecular weight is 201 g/mol. The Morgan fingerprint density at radius 1 is 1.69 bits per heavy atom. The van der Waals surface area contributed by atoms with E-state index in [0.717, 1.165) is 6.42 Å². The molecule has 0 aliphatic carbocycles. The number of halogens is 1. The minimum absolute atomic E-state index is 0.163. The Morgan fingerprint density at radius 3 is 3.08 bits per heavy atom.